The number of aliphatic hydroxyl groups excluding tert-OH is 1. The summed E-state index contributed by atoms with van der Waals surface area (Å²) in [6.45, 7) is 1.50. The summed E-state index contributed by atoms with van der Waals surface area (Å²) in [5.41, 5.74) is 1.17. The van der Waals surface area contributed by atoms with Crippen molar-refractivity contribution in [3.05, 3.63) is 47.5 Å². The van der Waals surface area contributed by atoms with E-state index in [1.54, 1.807) is 43.5 Å². The normalized spacial score (nSPS) is 11.6. The summed E-state index contributed by atoms with van der Waals surface area (Å²) >= 11 is 0. The molecule has 0 bridgehead atoms. The zero-order valence-corrected chi connectivity index (χ0v) is 14.7. The van der Waals surface area contributed by atoms with Crippen LogP contribution in [0.2, 0.25) is 0 Å². The van der Waals surface area contributed by atoms with Crippen LogP contribution in [-0.2, 0) is 0 Å². The van der Waals surface area contributed by atoms with Crippen LogP contribution in [0.1, 0.15) is 28.9 Å². The summed E-state index contributed by atoms with van der Waals surface area (Å²) in [5.74, 6) is 1.94. The maximum atomic E-state index is 11.4. The molecule has 0 amide bonds. The largest absolute Gasteiger partial charge is 0.493 e. The third-order valence-corrected chi connectivity index (χ3v) is 3.76. The predicted molar refractivity (Wildman–Crippen MR) is 93.0 cm³/mol. The molecule has 0 radical (unpaired) electrons. The SMILES string of the molecule is COc1ccc(C(O)COc2ccc(C(C)=O)cc2OC)cc1OC. The van der Waals surface area contributed by atoms with Crippen molar-refractivity contribution < 1.29 is 28.8 Å². The number of carbonyl (C=O) groups excluding carboxylic acids is 1. The number of hydrogen-bond donors (Lipinski definition) is 1. The molecule has 0 heterocycles. The molecule has 0 aliphatic carbocycles. The van der Waals surface area contributed by atoms with Gasteiger partial charge in [0, 0.05) is 5.56 Å². The molecule has 1 atom stereocenters. The maximum absolute atomic E-state index is 11.4. The lowest BCUT2D eigenvalue weighted by atomic mass is 10.1. The Morgan fingerprint density at radius 1 is 0.920 bits per heavy atom. The summed E-state index contributed by atoms with van der Waals surface area (Å²) in [5, 5.41) is 10.4. The average molecular weight is 346 g/mol. The van der Waals surface area contributed by atoms with Crippen LogP contribution in [0.25, 0.3) is 0 Å². The molecule has 0 aliphatic rings. The third-order valence-electron chi connectivity index (χ3n) is 3.76. The molecule has 2 aromatic rings. The van der Waals surface area contributed by atoms with Gasteiger partial charge in [-0.1, -0.05) is 6.07 Å². The van der Waals surface area contributed by atoms with Gasteiger partial charge in [0.2, 0.25) is 0 Å². The minimum Gasteiger partial charge on any atom is -0.493 e. The molecule has 134 valence electrons. The molecule has 0 saturated heterocycles. The van der Waals surface area contributed by atoms with Crippen molar-refractivity contribution >= 4 is 5.78 Å². The Morgan fingerprint density at radius 3 is 2.12 bits per heavy atom. The topological polar surface area (TPSA) is 74.2 Å². The van der Waals surface area contributed by atoms with Crippen LogP contribution >= 0.6 is 0 Å². The Labute approximate surface area is 146 Å². The molecule has 0 aliphatic heterocycles. The molecule has 0 fully saturated rings. The Morgan fingerprint density at radius 2 is 1.52 bits per heavy atom. The van der Waals surface area contributed by atoms with E-state index in [4.69, 9.17) is 18.9 Å². The summed E-state index contributed by atoms with van der Waals surface area (Å²) in [6, 6.07) is 10.1. The van der Waals surface area contributed by atoms with Gasteiger partial charge >= 0.3 is 0 Å². The molecule has 6 heteroatoms. The summed E-state index contributed by atoms with van der Waals surface area (Å²) in [7, 11) is 4.58. The van der Waals surface area contributed by atoms with Gasteiger partial charge in [0.15, 0.2) is 28.8 Å². The highest BCUT2D eigenvalue weighted by Crippen LogP contribution is 2.32. The highest BCUT2D eigenvalue weighted by molar-refractivity contribution is 5.94. The second-order valence-corrected chi connectivity index (χ2v) is 5.36. The van der Waals surface area contributed by atoms with Crippen molar-refractivity contribution in [1.29, 1.82) is 0 Å². The van der Waals surface area contributed by atoms with E-state index >= 15 is 0 Å². The van der Waals surface area contributed by atoms with Crippen molar-refractivity contribution in [2.75, 3.05) is 27.9 Å². The van der Waals surface area contributed by atoms with Crippen LogP contribution in [0.3, 0.4) is 0 Å². The summed E-state index contributed by atoms with van der Waals surface area (Å²) in [4.78, 5) is 11.4. The molecule has 6 nitrogen and oxygen atoms in total. The zero-order chi connectivity index (χ0) is 18.4. The van der Waals surface area contributed by atoms with E-state index in [0.29, 0.717) is 34.1 Å². The highest BCUT2D eigenvalue weighted by Gasteiger charge is 2.14. The minimum absolute atomic E-state index is 0.0191. The third kappa shape index (κ3) is 4.42. The molecule has 0 spiro atoms. The van der Waals surface area contributed by atoms with Gasteiger partial charge in [0.05, 0.1) is 21.3 Å². The van der Waals surface area contributed by atoms with E-state index in [0.717, 1.165) is 0 Å². The monoisotopic (exact) mass is 346 g/mol. The van der Waals surface area contributed by atoms with E-state index in [2.05, 4.69) is 0 Å². The van der Waals surface area contributed by atoms with E-state index in [1.807, 2.05) is 0 Å². The van der Waals surface area contributed by atoms with Crippen LogP contribution in [0.15, 0.2) is 36.4 Å². The number of ether oxygens (including phenoxy) is 4. The number of ketones is 1. The average Bonchev–Trinajstić information content (AvgIpc) is 2.65. The molecule has 0 aromatic heterocycles. The molecule has 2 rings (SSSR count). The molecule has 1 N–H and O–H groups in total. The van der Waals surface area contributed by atoms with E-state index in [-0.39, 0.29) is 12.4 Å². The second kappa shape index (κ2) is 8.39. The van der Waals surface area contributed by atoms with Gasteiger partial charge in [-0.3, -0.25) is 4.79 Å². The molecule has 2 aromatic carbocycles. The first-order valence-corrected chi connectivity index (χ1v) is 7.72. The number of aliphatic hydroxyl groups is 1. The number of Topliss-reactive ketones (excluding diaryl/α,β-unsaturated/α-hetero) is 1. The number of hydrogen-bond acceptors (Lipinski definition) is 6. The number of carbonyl (C=O) groups is 1. The predicted octanol–water partition coefficient (Wildman–Crippen LogP) is 3.03. The minimum atomic E-state index is -0.864. The van der Waals surface area contributed by atoms with Crippen LogP contribution in [0, 0.1) is 0 Å². The quantitative estimate of drug-likeness (QED) is 0.741. The fourth-order valence-corrected chi connectivity index (χ4v) is 2.33. The van der Waals surface area contributed by atoms with Gasteiger partial charge < -0.3 is 24.1 Å². The maximum Gasteiger partial charge on any atom is 0.161 e. The highest BCUT2D eigenvalue weighted by atomic mass is 16.5. The lowest BCUT2D eigenvalue weighted by Gasteiger charge is -2.16. The molecule has 1 unspecified atom stereocenters. The molecular formula is C19H22O6. The first kappa shape index (κ1) is 18.6. The van der Waals surface area contributed by atoms with Crippen LogP contribution in [-0.4, -0.2) is 38.8 Å². The summed E-state index contributed by atoms with van der Waals surface area (Å²) in [6.07, 6.45) is -0.864. The van der Waals surface area contributed by atoms with Crippen molar-refractivity contribution in [3.8, 4) is 23.0 Å². The Kier molecular flexibility index (Phi) is 6.25. The first-order valence-electron chi connectivity index (χ1n) is 7.72. The smallest absolute Gasteiger partial charge is 0.161 e. The number of benzene rings is 2. The lowest BCUT2D eigenvalue weighted by Crippen LogP contribution is -2.10. The molecule has 25 heavy (non-hydrogen) atoms. The van der Waals surface area contributed by atoms with Crippen LogP contribution in [0.5, 0.6) is 23.0 Å². The zero-order valence-electron chi connectivity index (χ0n) is 14.7. The van der Waals surface area contributed by atoms with Gasteiger partial charge in [-0.25, -0.2) is 0 Å². The Balaban J connectivity index is 2.12. The van der Waals surface area contributed by atoms with Gasteiger partial charge in [-0.05, 0) is 42.8 Å². The van der Waals surface area contributed by atoms with E-state index in [1.165, 1.54) is 21.1 Å². The fourth-order valence-electron chi connectivity index (χ4n) is 2.33. The van der Waals surface area contributed by atoms with Gasteiger partial charge in [0.1, 0.15) is 12.7 Å². The fraction of sp³-hybridized carbons (Fsp3) is 0.316. The molecular weight excluding hydrogens is 324 g/mol. The lowest BCUT2D eigenvalue weighted by molar-refractivity contribution is 0.101. The Hall–Kier alpha value is -2.73. The van der Waals surface area contributed by atoms with E-state index in [9.17, 15) is 9.90 Å². The van der Waals surface area contributed by atoms with Crippen molar-refractivity contribution in [2.24, 2.45) is 0 Å². The van der Waals surface area contributed by atoms with Gasteiger partial charge in [-0.15, -0.1) is 0 Å². The Bertz CT molecular complexity index is 741. The second-order valence-electron chi connectivity index (χ2n) is 5.36. The standard InChI is InChI=1S/C19H22O6/c1-12(20)13-5-8-17(19(9-13)24-4)25-11-15(21)14-6-7-16(22-2)18(10-14)23-3/h5-10,15,21H,11H2,1-4H3. The van der Waals surface area contributed by atoms with Gasteiger partial charge in [0.25, 0.3) is 0 Å². The van der Waals surface area contributed by atoms with Crippen LogP contribution < -0.4 is 18.9 Å². The van der Waals surface area contributed by atoms with Crippen LogP contribution in [0.4, 0.5) is 0 Å². The van der Waals surface area contributed by atoms with Crippen molar-refractivity contribution in [2.45, 2.75) is 13.0 Å². The summed E-state index contributed by atoms with van der Waals surface area (Å²) < 4.78 is 21.3. The first-order chi connectivity index (χ1) is 12.0. The van der Waals surface area contributed by atoms with Crippen molar-refractivity contribution in [3.63, 3.8) is 0 Å². The number of rotatable bonds is 8. The molecule has 0 saturated carbocycles. The van der Waals surface area contributed by atoms with E-state index < -0.39 is 6.10 Å². The number of methoxy groups -OCH3 is 3. The van der Waals surface area contributed by atoms with Crippen molar-refractivity contribution in [1.82, 2.24) is 0 Å². The van der Waals surface area contributed by atoms with Gasteiger partial charge in [-0.2, -0.15) is 0 Å².